The number of amides is 1. The molecule has 2 heterocycles. The lowest BCUT2D eigenvalue weighted by atomic mass is 10.3. The van der Waals surface area contributed by atoms with Crippen molar-refractivity contribution in [3.8, 4) is 0 Å². The minimum Gasteiger partial charge on any atom is -0.380 e. The molecule has 1 unspecified atom stereocenters. The molecule has 2 aliphatic heterocycles. The van der Waals surface area contributed by atoms with E-state index in [9.17, 15) is 4.79 Å². The molecular weight excluding hydrogens is 206 g/mol. The van der Waals surface area contributed by atoms with E-state index in [1.807, 2.05) is 4.90 Å². The van der Waals surface area contributed by atoms with Crippen molar-refractivity contribution in [1.29, 1.82) is 0 Å². The summed E-state index contributed by atoms with van der Waals surface area (Å²) < 4.78 is 5.29. The molecular formula is C11H21N3O2. The van der Waals surface area contributed by atoms with Gasteiger partial charge in [0.25, 0.3) is 0 Å². The number of hydrogen-bond donors (Lipinski definition) is 1. The Morgan fingerprint density at radius 1 is 1.38 bits per heavy atom. The first-order valence-electron chi connectivity index (χ1n) is 6.03. The Balaban J connectivity index is 1.74. The summed E-state index contributed by atoms with van der Waals surface area (Å²) in [6, 6.07) is 0. The summed E-state index contributed by atoms with van der Waals surface area (Å²) in [7, 11) is 1.74. The van der Waals surface area contributed by atoms with Crippen LogP contribution in [0.4, 0.5) is 0 Å². The Hall–Kier alpha value is -0.650. The number of carbonyl (C=O) groups is 1. The van der Waals surface area contributed by atoms with Gasteiger partial charge in [0.15, 0.2) is 0 Å². The highest BCUT2D eigenvalue weighted by molar-refractivity contribution is 5.78. The van der Waals surface area contributed by atoms with E-state index < -0.39 is 0 Å². The first-order chi connectivity index (χ1) is 7.79. The molecule has 0 aliphatic carbocycles. The summed E-state index contributed by atoms with van der Waals surface area (Å²) in [5.41, 5.74) is 0. The van der Waals surface area contributed by atoms with Gasteiger partial charge in [0.05, 0.1) is 12.6 Å². The van der Waals surface area contributed by atoms with Gasteiger partial charge in [-0.1, -0.05) is 0 Å². The first-order valence-corrected chi connectivity index (χ1v) is 6.03. The first kappa shape index (κ1) is 11.8. The summed E-state index contributed by atoms with van der Waals surface area (Å²) in [5, 5.41) is 3.25. The van der Waals surface area contributed by atoms with Crippen LogP contribution < -0.4 is 5.32 Å². The van der Waals surface area contributed by atoms with Crippen LogP contribution in [0.25, 0.3) is 0 Å². The molecule has 0 aromatic rings. The van der Waals surface area contributed by atoms with Crippen LogP contribution in [0.1, 0.15) is 6.42 Å². The Bertz CT molecular complexity index is 241. The maximum atomic E-state index is 12.0. The Morgan fingerprint density at radius 2 is 2.12 bits per heavy atom. The molecule has 0 aromatic heterocycles. The zero-order valence-corrected chi connectivity index (χ0v) is 9.95. The molecule has 0 aromatic carbocycles. The van der Waals surface area contributed by atoms with E-state index in [0.29, 0.717) is 12.6 Å². The van der Waals surface area contributed by atoms with Crippen LogP contribution in [-0.2, 0) is 9.53 Å². The number of methoxy groups -OCH3 is 1. The largest absolute Gasteiger partial charge is 0.380 e. The predicted molar refractivity (Wildman–Crippen MR) is 61.3 cm³/mol. The van der Waals surface area contributed by atoms with Gasteiger partial charge in [0.2, 0.25) is 5.91 Å². The zero-order chi connectivity index (χ0) is 11.4. The molecule has 2 aliphatic rings. The van der Waals surface area contributed by atoms with Gasteiger partial charge in [-0.15, -0.1) is 0 Å². The minimum absolute atomic E-state index is 0.262. The lowest BCUT2D eigenvalue weighted by molar-refractivity contribution is -0.132. The molecule has 1 N–H and O–H groups in total. The number of nitrogens with zero attached hydrogens (tertiary/aromatic N) is 2. The van der Waals surface area contributed by atoms with Crippen molar-refractivity contribution in [2.75, 3.05) is 52.9 Å². The molecule has 0 spiro atoms. The Labute approximate surface area is 96.7 Å². The van der Waals surface area contributed by atoms with Crippen molar-refractivity contribution >= 4 is 5.91 Å². The van der Waals surface area contributed by atoms with Gasteiger partial charge in [0, 0.05) is 46.4 Å². The molecule has 2 saturated heterocycles. The fraction of sp³-hybridized carbons (Fsp3) is 0.909. The molecule has 2 fully saturated rings. The normalized spacial score (nSPS) is 27.3. The summed E-state index contributed by atoms with van der Waals surface area (Å²) in [6.45, 7) is 5.98. The SMILES string of the molecule is COC1CCN(CC(=O)N2CCNCC2)C1. The molecule has 16 heavy (non-hydrogen) atoms. The maximum Gasteiger partial charge on any atom is 0.236 e. The average molecular weight is 227 g/mol. The van der Waals surface area contributed by atoms with E-state index in [1.165, 1.54) is 0 Å². The van der Waals surface area contributed by atoms with Crippen LogP contribution >= 0.6 is 0 Å². The highest BCUT2D eigenvalue weighted by atomic mass is 16.5. The third-order valence-corrected chi connectivity index (χ3v) is 3.39. The fourth-order valence-corrected chi connectivity index (χ4v) is 2.34. The quantitative estimate of drug-likeness (QED) is 0.681. The molecule has 0 saturated carbocycles. The van der Waals surface area contributed by atoms with Gasteiger partial charge in [0.1, 0.15) is 0 Å². The van der Waals surface area contributed by atoms with Crippen molar-refractivity contribution in [3.63, 3.8) is 0 Å². The smallest absolute Gasteiger partial charge is 0.236 e. The number of piperazine rings is 1. The molecule has 2 rings (SSSR count). The second-order valence-electron chi connectivity index (χ2n) is 4.51. The van der Waals surface area contributed by atoms with Crippen molar-refractivity contribution in [2.45, 2.75) is 12.5 Å². The van der Waals surface area contributed by atoms with E-state index in [4.69, 9.17) is 4.74 Å². The highest BCUT2D eigenvalue weighted by Gasteiger charge is 2.25. The van der Waals surface area contributed by atoms with Crippen molar-refractivity contribution in [1.82, 2.24) is 15.1 Å². The standard InChI is InChI=1S/C11H21N3O2/c1-16-10-2-5-13(8-10)9-11(15)14-6-3-12-4-7-14/h10,12H,2-9H2,1H3. The number of ether oxygens (including phenoxy) is 1. The summed E-state index contributed by atoms with van der Waals surface area (Å²) in [6.07, 6.45) is 1.36. The van der Waals surface area contributed by atoms with Crippen molar-refractivity contribution in [3.05, 3.63) is 0 Å². The van der Waals surface area contributed by atoms with E-state index in [-0.39, 0.29) is 5.91 Å². The molecule has 0 radical (unpaired) electrons. The minimum atomic E-state index is 0.262. The molecule has 1 amide bonds. The predicted octanol–water partition coefficient (Wildman–Crippen LogP) is -0.861. The highest BCUT2D eigenvalue weighted by Crippen LogP contribution is 2.11. The second-order valence-corrected chi connectivity index (χ2v) is 4.51. The zero-order valence-electron chi connectivity index (χ0n) is 9.95. The van der Waals surface area contributed by atoms with E-state index in [1.54, 1.807) is 7.11 Å². The van der Waals surface area contributed by atoms with E-state index in [0.717, 1.165) is 45.7 Å². The van der Waals surface area contributed by atoms with Gasteiger partial charge >= 0.3 is 0 Å². The van der Waals surface area contributed by atoms with Gasteiger partial charge < -0.3 is 15.0 Å². The number of rotatable bonds is 3. The Kier molecular flexibility index (Phi) is 4.15. The molecule has 92 valence electrons. The van der Waals surface area contributed by atoms with Gasteiger partial charge in [-0.25, -0.2) is 0 Å². The number of likely N-dealkylation sites (tertiary alicyclic amines) is 1. The third-order valence-electron chi connectivity index (χ3n) is 3.39. The fourth-order valence-electron chi connectivity index (χ4n) is 2.34. The monoisotopic (exact) mass is 227 g/mol. The van der Waals surface area contributed by atoms with Crippen LogP contribution in [-0.4, -0.2) is 74.7 Å². The lowest BCUT2D eigenvalue weighted by Crippen LogP contribution is -2.49. The Morgan fingerprint density at radius 3 is 2.75 bits per heavy atom. The van der Waals surface area contributed by atoms with E-state index >= 15 is 0 Å². The van der Waals surface area contributed by atoms with Crippen LogP contribution in [0.5, 0.6) is 0 Å². The van der Waals surface area contributed by atoms with Crippen LogP contribution in [0.2, 0.25) is 0 Å². The molecule has 5 nitrogen and oxygen atoms in total. The van der Waals surface area contributed by atoms with Crippen molar-refractivity contribution < 1.29 is 9.53 Å². The summed E-state index contributed by atoms with van der Waals surface area (Å²) in [5.74, 6) is 0.262. The number of nitrogens with one attached hydrogen (secondary N) is 1. The maximum absolute atomic E-state index is 12.0. The van der Waals surface area contributed by atoms with Crippen LogP contribution in [0, 0.1) is 0 Å². The van der Waals surface area contributed by atoms with Gasteiger partial charge in [-0.3, -0.25) is 9.69 Å². The van der Waals surface area contributed by atoms with E-state index in [2.05, 4.69) is 10.2 Å². The number of carbonyl (C=O) groups excluding carboxylic acids is 1. The number of hydrogen-bond acceptors (Lipinski definition) is 4. The molecule has 1 atom stereocenters. The lowest BCUT2D eigenvalue weighted by Gasteiger charge is -2.29. The van der Waals surface area contributed by atoms with Gasteiger partial charge in [-0.05, 0) is 6.42 Å². The third kappa shape index (κ3) is 2.93. The average Bonchev–Trinajstić information content (AvgIpc) is 2.78. The van der Waals surface area contributed by atoms with Crippen LogP contribution in [0.3, 0.4) is 0 Å². The van der Waals surface area contributed by atoms with Gasteiger partial charge in [-0.2, -0.15) is 0 Å². The van der Waals surface area contributed by atoms with Crippen LogP contribution in [0.15, 0.2) is 0 Å². The van der Waals surface area contributed by atoms with Crippen molar-refractivity contribution in [2.24, 2.45) is 0 Å². The second kappa shape index (κ2) is 5.61. The molecule has 5 heteroatoms. The summed E-state index contributed by atoms with van der Waals surface area (Å²) >= 11 is 0. The summed E-state index contributed by atoms with van der Waals surface area (Å²) in [4.78, 5) is 16.1. The topological polar surface area (TPSA) is 44.8 Å². The molecule has 0 bridgehead atoms.